The molecule has 0 unspecified atom stereocenters. The van der Waals surface area contributed by atoms with Crippen LogP contribution in [0.5, 0.6) is 0 Å². The molecule has 6 heteroatoms. The number of halogens is 2. The first-order valence-corrected chi connectivity index (χ1v) is 7.21. The van der Waals surface area contributed by atoms with E-state index in [1.165, 1.54) is 0 Å². The molecule has 0 aliphatic rings. The Bertz CT molecular complexity index is 425. The SMILES string of the molecule is CC(C)CN(CC(=O)O)Cc1ncc(Br)cc1Br. The Morgan fingerprint density at radius 1 is 1.50 bits per heavy atom. The van der Waals surface area contributed by atoms with E-state index in [1.54, 1.807) is 6.20 Å². The summed E-state index contributed by atoms with van der Waals surface area (Å²) >= 11 is 6.78. The van der Waals surface area contributed by atoms with E-state index in [0.29, 0.717) is 12.5 Å². The van der Waals surface area contributed by atoms with E-state index >= 15 is 0 Å². The van der Waals surface area contributed by atoms with E-state index in [1.807, 2.05) is 11.0 Å². The molecular weight excluding hydrogens is 364 g/mol. The largest absolute Gasteiger partial charge is 0.480 e. The maximum Gasteiger partial charge on any atom is 0.317 e. The van der Waals surface area contributed by atoms with Gasteiger partial charge in [0.25, 0.3) is 0 Å². The fourth-order valence-corrected chi connectivity index (χ4v) is 2.78. The second-order valence-corrected chi connectivity index (χ2v) is 6.31. The zero-order valence-electron chi connectivity index (χ0n) is 10.4. The molecule has 0 bridgehead atoms. The minimum Gasteiger partial charge on any atom is -0.480 e. The molecule has 4 nitrogen and oxygen atoms in total. The summed E-state index contributed by atoms with van der Waals surface area (Å²) in [6, 6.07) is 1.91. The molecule has 0 saturated heterocycles. The van der Waals surface area contributed by atoms with Gasteiger partial charge in [-0.05, 0) is 43.8 Å². The lowest BCUT2D eigenvalue weighted by atomic mass is 10.2. The molecule has 0 aliphatic heterocycles. The second kappa shape index (κ2) is 7.21. The molecule has 0 spiro atoms. The van der Waals surface area contributed by atoms with Crippen molar-refractivity contribution in [3.05, 3.63) is 26.9 Å². The maximum atomic E-state index is 10.8. The number of hydrogen-bond donors (Lipinski definition) is 1. The highest BCUT2D eigenvalue weighted by Gasteiger charge is 2.14. The Morgan fingerprint density at radius 2 is 2.17 bits per heavy atom. The fraction of sp³-hybridized carbons (Fsp3) is 0.500. The lowest BCUT2D eigenvalue weighted by Crippen LogP contribution is -2.32. The average molecular weight is 380 g/mol. The zero-order chi connectivity index (χ0) is 13.7. The van der Waals surface area contributed by atoms with E-state index in [-0.39, 0.29) is 6.54 Å². The number of nitrogens with zero attached hydrogens (tertiary/aromatic N) is 2. The molecule has 1 aromatic rings. The molecule has 1 rings (SSSR count). The normalized spacial score (nSPS) is 11.2. The number of pyridine rings is 1. The van der Waals surface area contributed by atoms with Gasteiger partial charge >= 0.3 is 5.97 Å². The number of carboxylic acid groups (broad SMARTS) is 1. The van der Waals surface area contributed by atoms with Gasteiger partial charge in [0.15, 0.2) is 0 Å². The first-order valence-electron chi connectivity index (χ1n) is 5.62. The summed E-state index contributed by atoms with van der Waals surface area (Å²) in [4.78, 5) is 17.0. The molecule has 1 aromatic heterocycles. The van der Waals surface area contributed by atoms with Crippen molar-refractivity contribution in [1.82, 2.24) is 9.88 Å². The van der Waals surface area contributed by atoms with E-state index in [9.17, 15) is 4.79 Å². The Labute approximate surface area is 124 Å². The number of rotatable bonds is 6. The lowest BCUT2D eigenvalue weighted by Gasteiger charge is -2.22. The van der Waals surface area contributed by atoms with Crippen molar-refractivity contribution in [3.8, 4) is 0 Å². The van der Waals surface area contributed by atoms with Crippen molar-refractivity contribution in [2.24, 2.45) is 5.92 Å². The highest BCUT2D eigenvalue weighted by molar-refractivity contribution is 9.11. The van der Waals surface area contributed by atoms with Gasteiger partial charge in [0.1, 0.15) is 0 Å². The minimum absolute atomic E-state index is 0.0301. The van der Waals surface area contributed by atoms with Crippen molar-refractivity contribution in [2.45, 2.75) is 20.4 Å². The van der Waals surface area contributed by atoms with Crippen LogP contribution in [-0.2, 0) is 11.3 Å². The Hall–Kier alpha value is -0.460. The van der Waals surface area contributed by atoms with Crippen LogP contribution in [-0.4, -0.2) is 34.0 Å². The smallest absolute Gasteiger partial charge is 0.317 e. The molecule has 0 fully saturated rings. The highest BCUT2D eigenvalue weighted by atomic mass is 79.9. The van der Waals surface area contributed by atoms with Crippen molar-refractivity contribution < 1.29 is 9.90 Å². The number of aliphatic carboxylic acids is 1. The summed E-state index contributed by atoms with van der Waals surface area (Å²) in [5.74, 6) is -0.401. The Morgan fingerprint density at radius 3 is 2.67 bits per heavy atom. The summed E-state index contributed by atoms with van der Waals surface area (Å²) in [6.07, 6.45) is 1.72. The van der Waals surface area contributed by atoms with E-state index in [0.717, 1.165) is 21.2 Å². The number of carbonyl (C=O) groups is 1. The first kappa shape index (κ1) is 15.6. The monoisotopic (exact) mass is 378 g/mol. The van der Waals surface area contributed by atoms with Gasteiger partial charge in [-0.1, -0.05) is 13.8 Å². The molecule has 0 saturated carbocycles. The van der Waals surface area contributed by atoms with Crippen LogP contribution in [0.15, 0.2) is 21.2 Å². The number of carboxylic acids is 1. The van der Waals surface area contributed by atoms with E-state index < -0.39 is 5.97 Å². The van der Waals surface area contributed by atoms with E-state index in [2.05, 4.69) is 50.7 Å². The minimum atomic E-state index is -0.816. The van der Waals surface area contributed by atoms with Crippen LogP contribution in [0, 0.1) is 5.92 Å². The summed E-state index contributed by atoms with van der Waals surface area (Å²) in [6.45, 7) is 5.43. The van der Waals surface area contributed by atoms with Crippen LogP contribution in [0.25, 0.3) is 0 Å². The van der Waals surface area contributed by atoms with Crippen LogP contribution in [0.2, 0.25) is 0 Å². The van der Waals surface area contributed by atoms with Crippen LogP contribution in [0.1, 0.15) is 19.5 Å². The third-order valence-corrected chi connectivity index (χ3v) is 3.36. The van der Waals surface area contributed by atoms with E-state index in [4.69, 9.17) is 5.11 Å². The van der Waals surface area contributed by atoms with Gasteiger partial charge in [0.05, 0.1) is 12.2 Å². The molecular formula is C12H16Br2N2O2. The molecule has 0 atom stereocenters. The summed E-state index contributed by atoms with van der Waals surface area (Å²) < 4.78 is 1.78. The van der Waals surface area contributed by atoms with Gasteiger partial charge in [-0.2, -0.15) is 0 Å². The third-order valence-electron chi connectivity index (χ3n) is 2.24. The Balaban J connectivity index is 2.78. The second-order valence-electron chi connectivity index (χ2n) is 4.54. The molecule has 18 heavy (non-hydrogen) atoms. The van der Waals surface area contributed by atoms with Crippen LogP contribution < -0.4 is 0 Å². The number of hydrogen-bond acceptors (Lipinski definition) is 3. The van der Waals surface area contributed by atoms with Crippen molar-refractivity contribution in [2.75, 3.05) is 13.1 Å². The zero-order valence-corrected chi connectivity index (χ0v) is 13.5. The third kappa shape index (κ3) is 5.46. The van der Waals surface area contributed by atoms with Gasteiger partial charge < -0.3 is 5.11 Å². The molecule has 1 N–H and O–H groups in total. The van der Waals surface area contributed by atoms with Crippen molar-refractivity contribution >= 4 is 37.8 Å². The van der Waals surface area contributed by atoms with Crippen molar-refractivity contribution in [1.29, 1.82) is 0 Å². The van der Waals surface area contributed by atoms with Crippen LogP contribution in [0.4, 0.5) is 0 Å². The fourth-order valence-electron chi connectivity index (χ4n) is 1.66. The highest BCUT2D eigenvalue weighted by Crippen LogP contribution is 2.21. The molecule has 0 aromatic carbocycles. The van der Waals surface area contributed by atoms with Crippen LogP contribution >= 0.6 is 31.9 Å². The predicted molar refractivity (Wildman–Crippen MR) is 77.4 cm³/mol. The topological polar surface area (TPSA) is 53.4 Å². The molecule has 100 valence electrons. The summed E-state index contributed by atoms with van der Waals surface area (Å²) in [7, 11) is 0. The number of aromatic nitrogens is 1. The molecule has 0 radical (unpaired) electrons. The standard InChI is InChI=1S/C12H16Br2N2O2/c1-8(2)5-16(7-12(17)18)6-11-10(14)3-9(13)4-15-11/h3-4,8H,5-7H2,1-2H3,(H,17,18). The van der Waals surface area contributed by atoms with Gasteiger partial charge in [-0.15, -0.1) is 0 Å². The van der Waals surface area contributed by atoms with Gasteiger partial charge in [-0.25, -0.2) is 0 Å². The predicted octanol–water partition coefficient (Wildman–Crippen LogP) is 3.15. The lowest BCUT2D eigenvalue weighted by molar-refractivity contribution is -0.138. The molecule has 1 heterocycles. The van der Waals surface area contributed by atoms with Gasteiger partial charge in [-0.3, -0.25) is 14.7 Å². The van der Waals surface area contributed by atoms with Gasteiger partial charge in [0, 0.05) is 28.2 Å². The Kier molecular flexibility index (Phi) is 6.25. The molecule has 0 amide bonds. The average Bonchev–Trinajstić information content (AvgIpc) is 2.20. The van der Waals surface area contributed by atoms with Crippen LogP contribution in [0.3, 0.4) is 0 Å². The van der Waals surface area contributed by atoms with Crippen molar-refractivity contribution in [3.63, 3.8) is 0 Å². The summed E-state index contributed by atoms with van der Waals surface area (Å²) in [5.41, 5.74) is 0.847. The quantitative estimate of drug-likeness (QED) is 0.824. The van der Waals surface area contributed by atoms with Gasteiger partial charge in [0.2, 0.25) is 0 Å². The first-order chi connectivity index (χ1) is 8.38. The maximum absolute atomic E-state index is 10.8. The molecule has 0 aliphatic carbocycles. The summed E-state index contributed by atoms with van der Waals surface area (Å²) in [5, 5.41) is 8.91.